The van der Waals surface area contributed by atoms with Crippen molar-refractivity contribution in [1.82, 2.24) is 15.3 Å². The van der Waals surface area contributed by atoms with Gasteiger partial charge in [-0.15, -0.1) is 0 Å². The SMILES string of the molecule is CNCc1cnc(Oc2ccc([N+](=O)[O-])cc2F)nc1. The Bertz CT molecular complexity index is 619. The highest BCUT2D eigenvalue weighted by Gasteiger charge is 2.13. The van der Waals surface area contributed by atoms with Gasteiger partial charge in [-0.05, 0) is 13.1 Å². The van der Waals surface area contributed by atoms with Crippen molar-refractivity contribution in [3.8, 4) is 11.8 Å². The average molecular weight is 278 g/mol. The lowest BCUT2D eigenvalue weighted by Gasteiger charge is -2.05. The summed E-state index contributed by atoms with van der Waals surface area (Å²) in [4.78, 5) is 17.6. The highest BCUT2D eigenvalue weighted by Crippen LogP contribution is 2.25. The lowest BCUT2D eigenvalue weighted by atomic mass is 10.3. The number of benzene rings is 1. The maximum absolute atomic E-state index is 13.6. The van der Waals surface area contributed by atoms with Crippen LogP contribution in [0.2, 0.25) is 0 Å². The quantitative estimate of drug-likeness (QED) is 0.664. The van der Waals surface area contributed by atoms with E-state index in [9.17, 15) is 14.5 Å². The van der Waals surface area contributed by atoms with Gasteiger partial charge >= 0.3 is 6.01 Å². The number of hydrogen-bond acceptors (Lipinski definition) is 6. The molecule has 20 heavy (non-hydrogen) atoms. The van der Waals surface area contributed by atoms with Gasteiger partial charge in [0.25, 0.3) is 5.69 Å². The minimum absolute atomic E-state index is 0.0300. The second kappa shape index (κ2) is 6.02. The number of aromatic nitrogens is 2. The number of ether oxygens (including phenoxy) is 1. The van der Waals surface area contributed by atoms with Crippen LogP contribution in [-0.2, 0) is 6.54 Å². The fourth-order valence-electron chi connectivity index (χ4n) is 1.48. The van der Waals surface area contributed by atoms with E-state index in [1.165, 1.54) is 6.07 Å². The predicted molar refractivity (Wildman–Crippen MR) is 67.9 cm³/mol. The Hall–Kier alpha value is -2.61. The number of nitro benzene ring substituents is 1. The molecule has 0 unspecified atom stereocenters. The second-order valence-electron chi connectivity index (χ2n) is 3.88. The van der Waals surface area contributed by atoms with Crippen LogP contribution >= 0.6 is 0 Å². The van der Waals surface area contributed by atoms with Crippen molar-refractivity contribution in [3.05, 3.63) is 52.1 Å². The highest BCUT2D eigenvalue weighted by molar-refractivity contribution is 5.38. The number of nitro groups is 1. The topological polar surface area (TPSA) is 90.2 Å². The van der Waals surface area contributed by atoms with E-state index >= 15 is 0 Å². The first-order chi connectivity index (χ1) is 9.60. The largest absolute Gasteiger partial charge is 0.421 e. The predicted octanol–water partition coefficient (Wildman–Crippen LogP) is 2.04. The highest BCUT2D eigenvalue weighted by atomic mass is 19.1. The molecule has 0 aliphatic carbocycles. The summed E-state index contributed by atoms with van der Waals surface area (Å²) in [7, 11) is 1.79. The fraction of sp³-hybridized carbons (Fsp3) is 0.167. The van der Waals surface area contributed by atoms with Crippen LogP contribution < -0.4 is 10.1 Å². The summed E-state index contributed by atoms with van der Waals surface area (Å²) >= 11 is 0. The Balaban J connectivity index is 2.15. The van der Waals surface area contributed by atoms with E-state index in [4.69, 9.17) is 4.74 Å². The van der Waals surface area contributed by atoms with Crippen LogP contribution in [0.1, 0.15) is 5.56 Å². The van der Waals surface area contributed by atoms with Gasteiger partial charge in [0, 0.05) is 30.6 Å². The summed E-state index contributed by atoms with van der Waals surface area (Å²) in [5, 5.41) is 13.4. The van der Waals surface area contributed by atoms with Gasteiger partial charge in [-0.3, -0.25) is 10.1 Å². The van der Waals surface area contributed by atoms with Crippen LogP contribution in [0.15, 0.2) is 30.6 Å². The number of halogens is 1. The number of nitrogens with zero attached hydrogens (tertiary/aromatic N) is 3. The number of rotatable bonds is 5. The average Bonchev–Trinajstić information content (AvgIpc) is 2.43. The van der Waals surface area contributed by atoms with Crippen molar-refractivity contribution >= 4 is 5.69 Å². The van der Waals surface area contributed by atoms with Crippen molar-refractivity contribution < 1.29 is 14.1 Å². The Morgan fingerprint density at radius 1 is 1.40 bits per heavy atom. The second-order valence-corrected chi connectivity index (χ2v) is 3.88. The Kier molecular flexibility index (Phi) is 4.16. The van der Waals surface area contributed by atoms with E-state index in [2.05, 4.69) is 15.3 Å². The van der Waals surface area contributed by atoms with E-state index < -0.39 is 10.7 Å². The molecule has 0 radical (unpaired) electrons. The maximum Gasteiger partial charge on any atom is 0.321 e. The Morgan fingerprint density at radius 3 is 2.65 bits per heavy atom. The molecule has 1 N–H and O–H groups in total. The van der Waals surface area contributed by atoms with Crippen LogP contribution in [0.5, 0.6) is 11.8 Å². The van der Waals surface area contributed by atoms with E-state index in [0.29, 0.717) is 6.54 Å². The summed E-state index contributed by atoms with van der Waals surface area (Å²) in [5.41, 5.74) is 0.504. The molecule has 1 aromatic carbocycles. The molecule has 7 nitrogen and oxygen atoms in total. The number of non-ortho nitro benzene ring substituents is 1. The van der Waals surface area contributed by atoms with Gasteiger partial charge in [0.2, 0.25) is 0 Å². The molecule has 0 saturated carbocycles. The van der Waals surface area contributed by atoms with Crippen molar-refractivity contribution in [2.24, 2.45) is 0 Å². The summed E-state index contributed by atoms with van der Waals surface area (Å²) in [6.07, 6.45) is 3.09. The van der Waals surface area contributed by atoms with E-state index in [1.54, 1.807) is 19.4 Å². The minimum Gasteiger partial charge on any atom is -0.421 e. The molecule has 0 fully saturated rings. The lowest BCUT2D eigenvalue weighted by molar-refractivity contribution is -0.385. The minimum atomic E-state index is -0.845. The molecule has 0 bridgehead atoms. The zero-order valence-electron chi connectivity index (χ0n) is 10.5. The zero-order valence-corrected chi connectivity index (χ0v) is 10.5. The monoisotopic (exact) mass is 278 g/mol. The van der Waals surface area contributed by atoms with Crippen molar-refractivity contribution in [3.63, 3.8) is 0 Å². The first kappa shape index (κ1) is 13.8. The third-order valence-electron chi connectivity index (χ3n) is 2.39. The molecule has 1 aromatic heterocycles. The first-order valence-corrected chi connectivity index (χ1v) is 5.67. The Labute approximate surface area is 113 Å². The van der Waals surface area contributed by atoms with Crippen molar-refractivity contribution in [2.75, 3.05) is 7.05 Å². The van der Waals surface area contributed by atoms with Gasteiger partial charge < -0.3 is 10.1 Å². The molecule has 0 saturated heterocycles. The summed E-state index contributed by atoms with van der Waals surface area (Å²) < 4.78 is 18.7. The molecule has 104 valence electrons. The molecule has 0 amide bonds. The summed E-state index contributed by atoms with van der Waals surface area (Å²) in [5.74, 6) is -1.01. The van der Waals surface area contributed by atoms with Crippen LogP contribution in [0.3, 0.4) is 0 Å². The van der Waals surface area contributed by atoms with Gasteiger partial charge in [0.05, 0.1) is 11.0 Å². The van der Waals surface area contributed by atoms with Crippen LogP contribution in [0.4, 0.5) is 10.1 Å². The van der Waals surface area contributed by atoms with Gasteiger partial charge in [-0.25, -0.2) is 14.4 Å². The van der Waals surface area contributed by atoms with Crippen LogP contribution in [-0.4, -0.2) is 21.9 Å². The molecule has 8 heteroatoms. The molecule has 0 spiro atoms. The molecular formula is C12H11FN4O3. The number of hydrogen-bond donors (Lipinski definition) is 1. The summed E-state index contributed by atoms with van der Waals surface area (Å²) in [6.45, 7) is 0.603. The van der Waals surface area contributed by atoms with Gasteiger partial charge in [-0.1, -0.05) is 0 Å². The van der Waals surface area contributed by atoms with Crippen molar-refractivity contribution in [1.29, 1.82) is 0 Å². The molecular weight excluding hydrogens is 267 g/mol. The van der Waals surface area contributed by atoms with E-state index in [0.717, 1.165) is 17.7 Å². The lowest BCUT2D eigenvalue weighted by Crippen LogP contribution is -2.06. The fourth-order valence-corrected chi connectivity index (χ4v) is 1.48. The molecule has 0 atom stereocenters. The number of nitrogens with one attached hydrogen (secondary N) is 1. The van der Waals surface area contributed by atoms with Gasteiger partial charge in [0.15, 0.2) is 11.6 Å². The van der Waals surface area contributed by atoms with E-state index in [-0.39, 0.29) is 17.4 Å². The van der Waals surface area contributed by atoms with Crippen molar-refractivity contribution in [2.45, 2.75) is 6.54 Å². The van der Waals surface area contributed by atoms with Gasteiger partial charge in [-0.2, -0.15) is 0 Å². The normalized spacial score (nSPS) is 10.3. The summed E-state index contributed by atoms with van der Waals surface area (Å²) in [6, 6.07) is 3.06. The van der Waals surface area contributed by atoms with E-state index in [1.807, 2.05) is 0 Å². The standard InChI is InChI=1S/C12H11FN4O3/c1-14-5-8-6-15-12(16-7-8)20-11-3-2-9(17(18)19)4-10(11)13/h2-4,6-7,14H,5H2,1H3. The zero-order chi connectivity index (χ0) is 14.5. The third kappa shape index (κ3) is 3.23. The molecule has 2 rings (SSSR count). The molecule has 0 aliphatic heterocycles. The molecule has 2 aromatic rings. The molecule has 1 heterocycles. The first-order valence-electron chi connectivity index (χ1n) is 5.67. The Morgan fingerprint density at radius 2 is 2.10 bits per heavy atom. The maximum atomic E-state index is 13.6. The van der Waals surface area contributed by atoms with Crippen LogP contribution in [0.25, 0.3) is 0 Å². The third-order valence-corrected chi connectivity index (χ3v) is 2.39. The smallest absolute Gasteiger partial charge is 0.321 e. The van der Waals surface area contributed by atoms with Gasteiger partial charge in [0.1, 0.15) is 0 Å². The molecule has 0 aliphatic rings. The van der Waals surface area contributed by atoms with Crippen LogP contribution in [0, 0.1) is 15.9 Å².